The SMILES string of the molecule is CC(=O)c1ccc(C#Cc2ccsc2)s1. The second-order valence-electron chi connectivity index (χ2n) is 2.98. The Morgan fingerprint density at radius 1 is 1.27 bits per heavy atom. The fourth-order valence-corrected chi connectivity index (χ4v) is 2.41. The van der Waals surface area contributed by atoms with Crippen molar-refractivity contribution in [2.45, 2.75) is 6.92 Å². The highest BCUT2D eigenvalue weighted by atomic mass is 32.1. The van der Waals surface area contributed by atoms with E-state index in [1.165, 1.54) is 11.3 Å². The van der Waals surface area contributed by atoms with Crippen molar-refractivity contribution in [1.82, 2.24) is 0 Å². The minimum atomic E-state index is 0.101. The van der Waals surface area contributed by atoms with Crippen molar-refractivity contribution < 1.29 is 4.79 Å². The molecule has 74 valence electrons. The van der Waals surface area contributed by atoms with Crippen molar-refractivity contribution in [3.05, 3.63) is 44.3 Å². The van der Waals surface area contributed by atoms with Gasteiger partial charge in [-0.3, -0.25) is 4.79 Å². The van der Waals surface area contributed by atoms with Crippen LogP contribution in [0, 0.1) is 11.8 Å². The van der Waals surface area contributed by atoms with Gasteiger partial charge in [0.05, 0.1) is 9.75 Å². The molecule has 0 saturated carbocycles. The Hall–Kier alpha value is -1.37. The van der Waals surface area contributed by atoms with Crippen LogP contribution >= 0.6 is 22.7 Å². The monoisotopic (exact) mass is 232 g/mol. The minimum absolute atomic E-state index is 0.101. The molecule has 3 heteroatoms. The van der Waals surface area contributed by atoms with E-state index in [-0.39, 0.29) is 5.78 Å². The van der Waals surface area contributed by atoms with Gasteiger partial charge in [-0.1, -0.05) is 11.8 Å². The van der Waals surface area contributed by atoms with E-state index >= 15 is 0 Å². The number of carbonyl (C=O) groups excluding carboxylic acids is 1. The zero-order valence-corrected chi connectivity index (χ0v) is 9.74. The number of hydrogen-bond acceptors (Lipinski definition) is 3. The van der Waals surface area contributed by atoms with Crippen molar-refractivity contribution in [2.75, 3.05) is 0 Å². The van der Waals surface area contributed by atoms with E-state index in [4.69, 9.17) is 0 Å². The van der Waals surface area contributed by atoms with Crippen LogP contribution in [0.5, 0.6) is 0 Å². The molecule has 1 nitrogen and oxygen atoms in total. The molecule has 0 N–H and O–H groups in total. The average Bonchev–Trinajstić information content (AvgIpc) is 2.86. The van der Waals surface area contributed by atoms with E-state index in [9.17, 15) is 4.79 Å². The van der Waals surface area contributed by atoms with Crippen LogP contribution in [-0.2, 0) is 0 Å². The van der Waals surface area contributed by atoms with Gasteiger partial charge in [-0.15, -0.1) is 11.3 Å². The van der Waals surface area contributed by atoms with Gasteiger partial charge >= 0.3 is 0 Å². The molecule has 0 unspecified atom stereocenters. The number of rotatable bonds is 1. The van der Waals surface area contributed by atoms with Crippen LogP contribution in [0.4, 0.5) is 0 Å². The normalized spacial score (nSPS) is 9.40. The number of hydrogen-bond donors (Lipinski definition) is 0. The Kier molecular flexibility index (Phi) is 3.00. The molecule has 0 saturated heterocycles. The molecule has 0 aromatic carbocycles. The summed E-state index contributed by atoms with van der Waals surface area (Å²) < 4.78 is 0. The summed E-state index contributed by atoms with van der Waals surface area (Å²) in [4.78, 5) is 12.8. The first-order valence-electron chi connectivity index (χ1n) is 4.41. The summed E-state index contributed by atoms with van der Waals surface area (Å²) in [6.45, 7) is 1.57. The lowest BCUT2D eigenvalue weighted by atomic mass is 10.3. The van der Waals surface area contributed by atoms with Gasteiger partial charge in [-0.05, 0) is 30.5 Å². The Bertz CT molecular complexity index is 523. The topological polar surface area (TPSA) is 17.1 Å². The van der Waals surface area contributed by atoms with E-state index in [0.717, 1.165) is 15.3 Å². The van der Waals surface area contributed by atoms with Crippen LogP contribution in [0.2, 0.25) is 0 Å². The lowest BCUT2D eigenvalue weighted by molar-refractivity contribution is 0.102. The molecule has 2 rings (SSSR count). The average molecular weight is 232 g/mol. The molecular formula is C12H8OS2. The predicted molar refractivity (Wildman–Crippen MR) is 64.6 cm³/mol. The van der Waals surface area contributed by atoms with Gasteiger partial charge in [-0.25, -0.2) is 0 Å². The van der Waals surface area contributed by atoms with Crippen LogP contribution < -0.4 is 0 Å². The van der Waals surface area contributed by atoms with Gasteiger partial charge in [-0.2, -0.15) is 11.3 Å². The Morgan fingerprint density at radius 3 is 2.73 bits per heavy atom. The third kappa shape index (κ3) is 2.56. The zero-order valence-electron chi connectivity index (χ0n) is 8.11. The fraction of sp³-hybridized carbons (Fsp3) is 0.0833. The molecule has 0 aliphatic rings. The molecule has 2 heterocycles. The van der Waals surface area contributed by atoms with E-state index in [1.807, 2.05) is 29.0 Å². The molecule has 0 radical (unpaired) electrons. The van der Waals surface area contributed by atoms with E-state index in [0.29, 0.717) is 0 Å². The molecular weight excluding hydrogens is 224 g/mol. The third-order valence-corrected chi connectivity index (χ3v) is 3.59. The standard InChI is InChI=1S/C12H8OS2/c1-9(13)12-5-4-11(15-12)3-2-10-6-7-14-8-10/h4-8H,1H3. The molecule has 0 spiro atoms. The van der Waals surface area contributed by atoms with Crippen molar-refractivity contribution in [1.29, 1.82) is 0 Å². The molecule has 2 aromatic rings. The lowest BCUT2D eigenvalue weighted by Gasteiger charge is -1.82. The highest BCUT2D eigenvalue weighted by molar-refractivity contribution is 7.14. The van der Waals surface area contributed by atoms with E-state index in [2.05, 4.69) is 11.8 Å². The van der Waals surface area contributed by atoms with Crippen LogP contribution in [0.3, 0.4) is 0 Å². The molecule has 2 aromatic heterocycles. The lowest BCUT2D eigenvalue weighted by Crippen LogP contribution is -1.83. The summed E-state index contributed by atoms with van der Waals surface area (Å²) in [6, 6.07) is 5.70. The van der Waals surface area contributed by atoms with Crippen molar-refractivity contribution in [3.63, 3.8) is 0 Å². The number of carbonyl (C=O) groups is 1. The number of ketones is 1. The van der Waals surface area contributed by atoms with Gasteiger partial charge in [0.2, 0.25) is 0 Å². The number of Topliss-reactive ketones (excluding diaryl/α,β-unsaturated/α-hetero) is 1. The van der Waals surface area contributed by atoms with Crippen LogP contribution in [0.15, 0.2) is 29.0 Å². The smallest absolute Gasteiger partial charge is 0.169 e. The predicted octanol–water partition coefficient (Wildman–Crippen LogP) is 3.41. The van der Waals surface area contributed by atoms with Crippen LogP contribution in [-0.4, -0.2) is 5.78 Å². The van der Waals surface area contributed by atoms with Crippen molar-refractivity contribution in [3.8, 4) is 11.8 Å². The van der Waals surface area contributed by atoms with Gasteiger partial charge in [0, 0.05) is 10.9 Å². The molecule has 15 heavy (non-hydrogen) atoms. The largest absolute Gasteiger partial charge is 0.294 e. The fourth-order valence-electron chi connectivity index (χ4n) is 1.06. The van der Waals surface area contributed by atoms with Gasteiger partial charge in [0.25, 0.3) is 0 Å². The first kappa shape index (κ1) is 10.2. The maximum absolute atomic E-state index is 11.1. The third-order valence-electron chi connectivity index (χ3n) is 1.80. The van der Waals surface area contributed by atoms with Gasteiger partial charge in [0.15, 0.2) is 5.78 Å². The summed E-state index contributed by atoms with van der Waals surface area (Å²) in [7, 11) is 0. The summed E-state index contributed by atoms with van der Waals surface area (Å²) in [6.07, 6.45) is 0. The highest BCUT2D eigenvalue weighted by Crippen LogP contribution is 2.16. The quantitative estimate of drug-likeness (QED) is 0.544. The zero-order chi connectivity index (χ0) is 10.7. The molecule has 0 bridgehead atoms. The highest BCUT2D eigenvalue weighted by Gasteiger charge is 2.01. The van der Waals surface area contributed by atoms with Crippen molar-refractivity contribution in [2.24, 2.45) is 0 Å². The molecule has 0 atom stereocenters. The molecule has 0 aliphatic carbocycles. The van der Waals surface area contributed by atoms with E-state index < -0.39 is 0 Å². The molecule has 0 amide bonds. The second-order valence-corrected chi connectivity index (χ2v) is 4.85. The minimum Gasteiger partial charge on any atom is -0.294 e. The summed E-state index contributed by atoms with van der Waals surface area (Å²) in [5, 5.41) is 4.01. The summed E-state index contributed by atoms with van der Waals surface area (Å²) in [5.74, 6) is 6.20. The first-order chi connectivity index (χ1) is 7.25. The van der Waals surface area contributed by atoms with Crippen molar-refractivity contribution >= 4 is 28.5 Å². The molecule has 0 aliphatic heterocycles. The van der Waals surface area contributed by atoms with Crippen LogP contribution in [0.25, 0.3) is 0 Å². The van der Waals surface area contributed by atoms with Gasteiger partial charge in [0.1, 0.15) is 0 Å². The Labute approximate surface area is 96.4 Å². The Balaban J connectivity index is 2.21. The summed E-state index contributed by atoms with van der Waals surface area (Å²) >= 11 is 3.07. The maximum atomic E-state index is 11.1. The summed E-state index contributed by atoms with van der Waals surface area (Å²) in [5.41, 5.74) is 1.03. The Morgan fingerprint density at radius 2 is 2.13 bits per heavy atom. The van der Waals surface area contributed by atoms with Gasteiger partial charge < -0.3 is 0 Å². The second kappa shape index (κ2) is 4.43. The molecule has 0 fully saturated rings. The maximum Gasteiger partial charge on any atom is 0.169 e. The first-order valence-corrected chi connectivity index (χ1v) is 6.16. The van der Waals surface area contributed by atoms with Crippen LogP contribution in [0.1, 0.15) is 27.0 Å². The number of thiophene rings is 2. The van der Waals surface area contributed by atoms with E-state index in [1.54, 1.807) is 18.3 Å².